The fourth-order valence-electron chi connectivity index (χ4n) is 2.39. The molecular formula is C16H20FNO3. The second-order valence-corrected chi connectivity index (χ2v) is 5.70. The van der Waals surface area contributed by atoms with E-state index in [1.807, 2.05) is 0 Å². The van der Waals surface area contributed by atoms with Crippen LogP contribution >= 0.6 is 0 Å². The second kappa shape index (κ2) is 6.24. The SMILES string of the molecule is C[C@H](C(=O)N(C[C@H](C)C(=O)O)C1CC1)c1ccccc1F. The Balaban J connectivity index is 2.15. The Kier molecular flexibility index (Phi) is 4.60. The van der Waals surface area contributed by atoms with Crippen LogP contribution in [0.1, 0.15) is 38.2 Å². The van der Waals surface area contributed by atoms with Crippen molar-refractivity contribution in [3.8, 4) is 0 Å². The lowest BCUT2D eigenvalue weighted by Crippen LogP contribution is -2.40. The van der Waals surface area contributed by atoms with Gasteiger partial charge in [-0.2, -0.15) is 0 Å². The van der Waals surface area contributed by atoms with E-state index in [2.05, 4.69) is 0 Å². The molecule has 21 heavy (non-hydrogen) atoms. The molecule has 2 atom stereocenters. The van der Waals surface area contributed by atoms with Gasteiger partial charge in [0.2, 0.25) is 5.91 Å². The van der Waals surface area contributed by atoms with Gasteiger partial charge in [-0.25, -0.2) is 4.39 Å². The molecule has 114 valence electrons. The standard InChI is InChI=1S/C16H20FNO3/c1-10(16(20)21)9-18(12-7-8-12)15(19)11(2)13-5-3-4-6-14(13)17/h3-6,10-12H,7-9H2,1-2H3,(H,20,21)/t10-,11-/m0/s1. The molecule has 0 aliphatic heterocycles. The minimum atomic E-state index is -0.924. The van der Waals surface area contributed by atoms with Gasteiger partial charge in [-0.1, -0.05) is 25.1 Å². The van der Waals surface area contributed by atoms with Gasteiger partial charge in [0.15, 0.2) is 0 Å². The molecule has 1 saturated carbocycles. The number of benzene rings is 1. The Labute approximate surface area is 123 Å². The first kappa shape index (κ1) is 15.5. The highest BCUT2D eigenvalue weighted by Crippen LogP contribution is 2.31. The van der Waals surface area contributed by atoms with Gasteiger partial charge >= 0.3 is 5.97 Å². The number of aliphatic carboxylic acids is 1. The van der Waals surface area contributed by atoms with Crippen molar-refractivity contribution in [2.45, 2.75) is 38.6 Å². The summed E-state index contributed by atoms with van der Waals surface area (Å²) in [5, 5.41) is 9.02. The molecular weight excluding hydrogens is 273 g/mol. The number of rotatable bonds is 6. The topological polar surface area (TPSA) is 57.6 Å². The van der Waals surface area contributed by atoms with Gasteiger partial charge in [-0.05, 0) is 31.4 Å². The zero-order valence-corrected chi connectivity index (χ0v) is 12.3. The van der Waals surface area contributed by atoms with E-state index in [1.54, 1.807) is 36.9 Å². The third-order valence-corrected chi connectivity index (χ3v) is 3.91. The number of carbonyl (C=O) groups is 2. The summed E-state index contributed by atoms with van der Waals surface area (Å²) in [6.07, 6.45) is 1.78. The molecule has 1 aliphatic rings. The van der Waals surface area contributed by atoms with Gasteiger partial charge in [0, 0.05) is 12.6 Å². The van der Waals surface area contributed by atoms with E-state index in [-0.39, 0.29) is 18.5 Å². The Bertz CT molecular complexity index is 542. The number of amides is 1. The zero-order chi connectivity index (χ0) is 15.6. The molecule has 0 heterocycles. The first-order valence-electron chi connectivity index (χ1n) is 7.19. The average Bonchev–Trinajstić information content (AvgIpc) is 3.28. The molecule has 1 fully saturated rings. The van der Waals surface area contributed by atoms with Crippen LogP contribution in [0.15, 0.2) is 24.3 Å². The summed E-state index contributed by atoms with van der Waals surface area (Å²) in [5.74, 6) is -2.75. The molecule has 1 amide bonds. The molecule has 0 bridgehead atoms. The van der Waals surface area contributed by atoms with Gasteiger partial charge in [-0.3, -0.25) is 9.59 Å². The first-order chi connectivity index (χ1) is 9.91. The third-order valence-electron chi connectivity index (χ3n) is 3.91. The van der Waals surface area contributed by atoms with Crippen molar-refractivity contribution in [3.63, 3.8) is 0 Å². The van der Waals surface area contributed by atoms with Crippen LogP contribution in [0.4, 0.5) is 4.39 Å². The average molecular weight is 293 g/mol. The maximum absolute atomic E-state index is 13.8. The molecule has 0 radical (unpaired) electrons. The van der Waals surface area contributed by atoms with E-state index in [9.17, 15) is 14.0 Å². The van der Waals surface area contributed by atoms with Gasteiger partial charge in [0.1, 0.15) is 5.82 Å². The minimum Gasteiger partial charge on any atom is -0.481 e. The molecule has 1 aromatic rings. The van der Waals surface area contributed by atoms with Crippen molar-refractivity contribution in [1.82, 2.24) is 4.90 Å². The second-order valence-electron chi connectivity index (χ2n) is 5.70. The fourth-order valence-corrected chi connectivity index (χ4v) is 2.39. The van der Waals surface area contributed by atoms with Crippen molar-refractivity contribution in [2.75, 3.05) is 6.54 Å². The monoisotopic (exact) mass is 293 g/mol. The van der Waals surface area contributed by atoms with E-state index in [0.29, 0.717) is 5.56 Å². The van der Waals surface area contributed by atoms with Gasteiger partial charge in [0.05, 0.1) is 11.8 Å². The maximum Gasteiger partial charge on any atom is 0.308 e. The summed E-state index contributed by atoms with van der Waals surface area (Å²) in [6, 6.07) is 6.32. The predicted octanol–water partition coefficient (Wildman–Crippen LogP) is 2.64. The molecule has 5 heteroatoms. The van der Waals surface area contributed by atoms with Crippen LogP contribution in [0.2, 0.25) is 0 Å². The van der Waals surface area contributed by atoms with Crippen molar-refractivity contribution in [2.24, 2.45) is 5.92 Å². The van der Waals surface area contributed by atoms with Crippen molar-refractivity contribution < 1.29 is 19.1 Å². The zero-order valence-electron chi connectivity index (χ0n) is 12.3. The number of halogens is 1. The number of hydrogen-bond donors (Lipinski definition) is 1. The fraction of sp³-hybridized carbons (Fsp3) is 0.500. The van der Waals surface area contributed by atoms with Crippen molar-refractivity contribution in [3.05, 3.63) is 35.6 Å². The number of carboxylic acid groups (broad SMARTS) is 1. The smallest absolute Gasteiger partial charge is 0.308 e. The van der Waals surface area contributed by atoms with Crippen LogP contribution in [0.5, 0.6) is 0 Å². The quantitative estimate of drug-likeness (QED) is 0.877. The van der Waals surface area contributed by atoms with E-state index < -0.39 is 23.6 Å². The highest BCUT2D eigenvalue weighted by molar-refractivity contribution is 5.84. The highest BCUT2D eigenvalue weighted by atomic mass is 19.1. The Morgan fingerprint density at radius 1 is 1.33 bits per heavy atom. The highest BCUT2D eigenvalue weighted by Gasteiger charge is 2.36. The molecule has 4 nitrogen and oxygen atoms in total. The summed E-state index contributed by atoms with van der Waals surface area (Å²) in [5.41, 5.74) is 0.358. The van der Waals surface area contributed by atoms with Crippen LogP contribution in [0.3, 0.4) is 0 Å². The van der Waals surface area contributed by atoms with Crippen LogP contribution in [-0.4, -0.2) is 34.5 Å². The third kappa shape index (κ3) is 3.60. The molecule has 0 spiro atoms. The lowest BCUT2D eigenvalue weighted by molar-refractivity contribution is -0.143. The van der Waals surface area contributed by atoms with Gasteiger partial charge in [-0.15, -0.1) is 0 Å². The molecule has 1 aromatic carbocycles. The number of carboxylic acids is 1. The Hall–Kier alpha value is -1.91. The number of nitrogens with zero attached hydrogens (tertiary/aromatic N) is 1. The Morgan fingerprint density at radius 2 is 1.95 bits per heavy atom. The molecule has 0 aromatic heterocycles. The van der Waals surface area contributed by atoms with Crippen LogP contribution < -0.4 is 0 Å². The molecule has 2 rings (SSSR count). The van der Waals surface area contributed by atoms with Crippen molar-refractivity contribution in [1.29, 1.82) is 0 Å². The molecule has 0 unspecified atom stereocenters. The molecule has 1 N–H and O–H groups in total. The van der Waals surface area contributed by atoms with Crippen LogP contribution in [0, 0.1) is 11.7 Å². The first-order valence-corrected chi connectivity index (χ1v) is 7.19. The lowest BCUT2D eigenvalue weighted by Gasteiger charge is -2.27. The lowest BCUT2D eigenvalue weighted by atomic mass is 9.98. The molecule has 1 aliphatic carbocycles. The number of carbonyl (C=O) groups excluding carboxylic acids is 1. The maximum atomic E-state index is 13.8. The van der Waals surface area contributed by atoms with Gasteiger partial charge in [0.25, 0.3) is 0 Å². The summed E-state index contributed by atoms with van der Waals surface area (Å²) < 4.78 is 13.8. The summed E-state index contributed by atoms with van der Waals surface area (Å²) in [4.78, 5) is 25.2. The van der Waals surface area contributed by atoms with E-state index in [0.717, 1.165) is 12.8 Å². The Morgan fingerprint density at radius 3 is 2.48 bits per heavy atom. The largest absolute Gasteiger partial charge is 0.481 e. The van der Waals surface area contributed by atoms with Crippen LogP contribution in [0.25, 0.3) is 0 Å². The molecule has 0 saturated heterocycles. The minimum absolute atomic E-state index is 0.105. The van der Waals surface area contributed by atoms with Crippen molar-refractivity contribution >= 4 is 11.9 Å². The van der Waals surface area contributed by atoms with E-state index in [4.69, 9.17) is 5.11 Å². The van der Waals surface area contributed by atoms with Crippen LogP contribution in [-0.2, 0) is 9.59 Å². The summed E-state index contributed by atoms with van der Waals surface area (Å²) in [7, 11) is 0. The summed E-state index contributed by atoms with van der Waals surface area (Å²) >= 11 is 0. The predicted molar refractivity (Wildman–Crippen MR) is 76.3 cm³/mol. The normalized spacial score (nSPS) is 17.1. The van der Waals surface area contributed by atoms with E-state index >= 15 is 0 Å². The van der Waals surface area contributed by atoms with Gasteiger partial charge < -0.3 is 10.0 Å². The number of hydrogen-bond acceptors (Lipinski definition) is 2. The van der Waals surface area contributed by atoms with E-state index in [1.165, 1.54) is 6.07 Å². The summed E-state index contributed by atoms with van der Waals surface area (Å²) in [6.45, 7) is 3.43.